The third-order valence-corrected chi connectivity index (χ3v) is 5.90. The van der Waals surface area contributed by atoms with Crippen molar-refractivity contribution in [3.05, 3.63) is 58.7 Å². The molecule has 2 nitrogen and oxygen atoms in total. The zero-order valence-corrected chi connectivity index (χ0v) is 22.1. The first-order valence-corrected chi connectivity index (χ1v) is 12.7. The van der Waals surface area contributed by atoms with E-state index in [-0.39, 0.29) is 5.56 Å². The van der Waals surface area contributed by atoms with E-state index >= 15 is 0 Å². The van der Waals surface area contributed by atoms with Crippen LogP contribution in [-0.2, 0) is 19.0 Å². The molecule has 0 radical (unpaired) electrons. The van der Waals surface area contributed by atoms with Gasteiger partial charge in [0.05, 0.1) is 5.56 Å². The first kappa shape index (κ1) is 30.7. The fourth-order valence-corrected chi connectivity index (χ4v) is 4.23. The molecule has 0 fully saturated rings. The van der Waals surface area contributed by atoms with E-state index in [9.17, 15) is 22.0 Å². The summed E-state index contributed by atoms with van der Waals surface area (Å²) in [5.41, 5.74) is 3.50. The van der Waals surface area contributed by atoms with Crippen molar-refractivity contribution in [2.24, 2.45) is 0 Å². The van der Waals surface area contributed by atoms with E-state index in [0.29, 0.717) is 6.04 Å². The molecule has 0 saturated heterocycles. The summed E-state index contributed by atoms with van der Waals surface area (Å²) in [6, 6.07) is 9.42. The highest BCUT2D eigenvalue weighted by atomic mass is 19.4. The first-order valence-electron chi connectivity index (χ1n) is 12.7. The van der Waals surface area contributed by atoms with E-state index in [2.05, 4.69) is 18.7 Å². The zero-order valence-electron chi connectivity index (χ0n) is 22.1. The fraction of sp³-hybridized carbons (Fsp3) is 0.571. The molecule has 0 amide bonds. The minimum Gasteiger partial charge on any atom is -0.374 e. The number of hydrogen-bond acceptors (Lipinski definition) is 2. The smallest absolute Gasteiger partial charge is 0.374 e. The number of halogens is 5. The molecule has 2 aliphatic rings. The molecule has 0 atom stereocenters. The average Bonchev–Trinajstić information content (AvgIpc) is 2.85. The van der Waals surface area contributed by atoms with Gasteiger partial charge in [0.25, 0.3) is 6.43 Å². The Balaban J connectivity index is 0.000000307. The summed E-state index contributed by atoms with van der Waals surface area (Å²) in [5, 5.41) is 0. The van der Waals surface area contributed by atoms with Crippen LogP contribution in [0.1, 0.15) is 83.1 Å². The highest BCUT2D eigenvalue weighted by Crippen LogP contribution is 2.35. The summed E-state index contributed by atoms with van der Waals surface area (Å²) in [5.74, 6) is 0. The van der Waals surface area contributed by atoms with Crippen molar-refractivity contribution in [2.75, 3.05) is 29.9 Å². The van der Waals surface area contributed by atoms with Crippen LogP contribution in [0.3, 0.4) is 0 Å². The van der Waals surface area contributed by atoms with Crippen LogP contribution in [0.4, 0.5) is 33.3 Å². The van der Waals surface area contributed by atoms with Crippen LogP contribution >= 0.6 is 0 Å². The summed E-state index contributed by atoms with van der Waals surface area (Å²) < 4.78 is 62.7. The number of aryl methyl sites for hydroxylation is 2. The predicted octanol–water partition coefficient (Wildman–Crippen LogP) is 8.93. The molecule has 7 heteroatoms. The van der Waals surface area contributed by atoms with Crippen molar-refractivity contribution in [1.29, 1.82) is 0 Å². The lowest BCUT2D eigenvalue weighted by atomic mass is 9.98. The molecule has 2 aromatic rings. The number of rotatable bonds is 2. The average molecular weight is 501 g/mol. The molecule has 35 heavy (non-hydrogen) atoms. The van der Waals surface area contributed by atoms with Crippen molar-refractivity contribution in [3.63, 3.8) is 0 Å². The summed E-state index contributed by atoms with van der Waals surface area (Å²) in [6.45, 7) is 14.0. The van der Waals surface area contributed by atoms with E-state index in [0.717, 1.165) is 61.8 Å². The van der Waals surface area contributed by atoms with Gasteiger partial charge in [0, 0.05) is 43.1 Å². The molecule has 0 bridgehead atoms. The number of anilines is 2. The first-order chi connectivity index (χ1) is 16.6. The van der Waals surface area contributed by atoms with Crippen LogP contribution in [-0.4, -0.2) is 26.2 Å². The second kappa shape index (κ2) is 14.3. The Labute approximate surface area is 208 Å². The van der Waals surface area contributed by atoms with Gasteiger partial charge in [-0.25, -0.2) is 8.78 Å². The van der Waals surface area contributed by atoms with Crippen LogP contribution in [0.2, 0.25) is 0 Å². The Kier molecular flexibility index (Phi) is 12.5. The summed E-state index contributed by atoms with van der Waals surface area (Å²) in [6.07, 6.45) is -2.62. The van der Waals surface area contributed by atoms with E-state index in [4.69, 9.17) is 0 Å². The molecule has 0 N–H and O–H groups in total. The number of benzene rings is 2. The van der Waals surface area contributed by atoms with Crippen molar-refractivity contribution in [3.8, 4) is 0 Å². The van der Waals surface area contributed by atoms with Crippen LogP contribution in [0.25, 0.3) is 0 Å². The maximum atomic E-state index is 12.6. The highest BCUT2D eigenvalue weighted by molar-refractivity contribution is 5.58. The SMILES string of the molecule is CC.CC.CC(C)N1CCCc2ccc(C(F)F)cc21.CN1CCCc2ccc(C(F)(F)F)cc21. The summed E-state index contributed by atoms with van der Waals surface area (Å²) >= 11 is 0. The standard InChI is InChI=1S/C13H17F2N.C11H12F3N.2C2H6/c1-9(2)16-7-3-4-10-5-6-11(13(14)15)8-12(10)16;1-15-6-2-3-8-4-5-9(7-10(8)15)11(12,13)14;2*1-2/h5-6,8-9,13H,3-4,7H2,1-2H3;4-5,7H,2-3,6H2,1H3;2*1-2H3. The van der Waals surface area contributed by atoms with E-state index in [1.165, 1.54) is 11.6 Å². The predicted molar refractivity (Wildman–Crippen MR) is 138 cm³/mol. The van der Waals surface area contributed by atoms with Crippen LogP contribution in [0.5, 0.6) is 0 Å². The van der Waals surface area contributed by atoms with Gasteiger partial charge in [-0.1, -0.05) is 45.9 Å². The van der Waals surface area contributed by atoms with Gasteiger partial charge in [0.2, 0.25) is 0 Å². The molecule has 0 aliphatic carbocycles. The van der Waals surface area contributed by atoms with Gasteiger partial charge in [-0.15, -0.1) is 0 Å². The Morgan fingerprint density at radius 2 is 1.31 bits per heavy atom. The molecule has 2 aliphatic heterocycles. The lowest BCUT2D eigenvalue weighted by Gasteiger charge is -2.35. The fourth-order valence-electron chi connectivity index (χ4n) is 4.23. The Hall–Kier alpha value is -2.31. The Morgan fingerprint density at radius 1 is 0.771 bits per heavy atom. The number of hydrogen-bond donors (Lipinski definition) is 0. The van der Waals surface area contributed by atoms with Crippen molar-refractivity contribution in [1.82, 2.24) is 0 Å². The minimum absolute atomic E-state index is 0.131. The van der Waals surface area contributed by atoms with Gasteiger partial charge in [-0.05, 0) is 68.9 Å². The van der Waals surface area contributed by atoms with Gasteiger partial charge in [-0.2, -0.15) is 13.2 Å². The van der Waals surface area contributed by atoms with Gasteiger partial charge in [-0.3, -0.25) is 0 Å². The topological polar surface area (TPSA) is 6.48 Å². The molecule has 198 valence electrons. The van der Waals surface area contributed by atoms with Crippen molar-refractivity contribution in [2.45, 2.75) is 85.9 Å². The maximum Gasteiger partial charge on any atom is 0.416 e. The quantitative estimate of drug-likeness (QED) is 0.380. The number of nitrogens with zero attached hydrogens (tertiary/aromatic N) is 2. The number of alkyl halides is 5. The summed E-state index contributed by atoms with van der Waals surface area (Å²) in [4.78, 5) is 4.10. The van der Waals surface area contributed by atoms with Crippen molar-refractivity contribution >= 4 is 11.4 Å². The van der Waals surface area contributed by atoms with Gasteiger partial charge in [0.15, 0.2) is 0 Å². The van der Waals surface area contributed by atoms with E-state index in [1.807, 2.05) is 45.7 Å². The largest absolute Gasteiger partial charge is 0.416 e. The minimum atomic E-state index is -4.24. The van der Waals surface area contributed by atoms with Crippen LogP contribution in [0, 0.1) is 0 Å². The second-order valence-corrected chi connectivity index (χ2v) is 8.45. The van der Waals surface area contributed by atoms with Gasteiger partial charge < -0.3 is 9.80 Å². The molecule has 2 aromatic carbocycles. The third kappa shape index (κ3) is 8.39. The maximum absolute atomic E-state index is 12.6. The second-order valence-electron chi connectivity index (χ2n) is 8.45. The lowest BCUT2D eigenvalue weighted by Crippen LogP contribution is -2.35. The third-order valence-electron chi connectivity index (χ3n) is 5.90. The lowest BCUT2D eigenvalue weighted by molar-refractivity contribution is -0.137. The summed E-state index contributed by atoms with van der Waals surface area (Å²) in [7, 11) is 1.83. The Bertz CT molecular complexity index is 893. The molecule has 0 saturated carbocycles. The monoisotopic (exact) mass is 500 g/mol. The molecular weight excluding hydrogens is 459 g/mol. The number of fused-ring (bicyclic) bond motifs is 2. The van der Waals surface area contributed by atoms with Crippen molar-refractivity contribution < 1.29 is 22.0 Å². The molecule has 4 rings (SSSR count). The molecule has 2 heterocycles. The van der Waals surface area contributed by atoms with E-state index in [1.54, 1.807) is 18.2 Å². The Morgan fingerprint density at radius 3 is 1.86 bits per heavy atom. The van der Waals surface area contributed by atoms with Gasteiger partial charge >= 0.3 is 6.18 Å². The molecular formula is C28H41F5N2. The molecule has 0 spiro atoms. The highest BCUT2D eigenvalue weighted by Gasteiger charge is 2.31. The van der Waals surface area contributed by atoms with Crippen LogP contribution < -0.4 is 9.80 Å². The molecule has 0 unspecified atom stereocenters. The van der Waals surface area contributed by atoms with E-state index < -0.39 is 18.2 Å². The normalized spacial score (nSPS) is 14.6. The molecule has 0 aromatic heterocycles. The zero-order chi connectivity index (χ0) is 26.8. The van der Waals surface area contributed by atoms with Crippen LogP contribution in [0.15, 0.2) is 36.4 Å². The van der Waals surface area contributed by atoms with Gasteiger partial charge in [0.1, 0.15) is 0 Å².